The topological polar surface area (TPSA) is 46.2 Å². The van der Waals surface area contributed by atoms with Crippen molar-refractivity contribution in [3.05, 3.63) is 23.1 Å². The predicted octanol–water partition coefficient (Wildman–Crippen LogP) is 2.50. The smallest absolute Gasteiger partial charge is 0.139 e. The van der Waals surface area contributed by atoms with Crippen LogP contribution in [0, 0.1) is 6.92 Å². The van der Waals surface area contributed by atoms with E-state index < -0.39 is 0 Å². The molecule has 0 saturated carbocycles. The lowest BCUT2D eigenvalue weighted by Gasteiger charge is -2.00. The molecule has 2 rings (SSSR count). The third-order valence-corrected chi connectivity index (χ3v) is 3.01. The van der Waals surface area contributed by atoms with Crippen molar-refractivity contribution in [1.29, 1.82) is 0 Å². The first-order valence-electron chi connectivity index (χ1n) is 3.65. The highest BCUT2D eigenvalue weighted by Crippen LogP contribution is 2.35. The maximum atomic E-state index is 9.34. The number of thiophene rings is 1. The SMILES string of the molecule is Cc1csc2ccc(O)c(N)c12. The van der Waals surface area contributed by atoms with Gasteiger partial charge in [-0.1, -0.05) is 0 Å². The lowest BCUT2D eigenvalue weighted by atomic mass is 10.1. The Bertz CT molecular complexity index is 433. The summed E-state index contributed by atoms with van der Waals surface area (Å²) in [5.41, 5.74) is 7.34. The molecule has 3 N–H and O–H groups in total. The lowest BCUT2D eigenvalue weighted by molar-refractivity contribution is 0.478. The number of aromatic hydroxyl groups is 1. The number of phenols is 1. The van der Waals surface area contributed by atoms with Gasteiger partial charge in [0.15, 0.2) is 0 Å². The summed E-state index contributed by atoms with van der Waals surface area (Å²) in [6, 6.07) is 3.52. The molecular weight excluding hydrogens is 170 g/mol. The van der Waals surface area contributed by atoms with Crippen molar-refractivity contribution in [2.45, 2.75) is 6.92 Å². The van der Waals surface area contributed by atoms with Crippen molar-refractivity contribution < 1.29 is 5.11 Å². The minimum atomic E-state index is 0.170. The fourth-order valence-corrected chi connectivity index (χ4v) is 2.26. The van der Waals surface area contributed by atoms with Crippen LogP contribution in [0.5, 0.6) is 5.75 Å². The highest BCUT2D eigenvalue weighted by Gasteiger charge is 2.06. The molecule has 0 unspecified atom stereocenters. The van der Waals surface area contributed by atoms with Crippen LogP contribution < -0.4 is 5.73 Å². The largest absolute Gasteiger partial charge is 0.506 e. The average molecular weight is 179 g/mol. The molecule has 0 spiro atoms. The van der Waals surface area contributed by atoms with E-state index in [2.05, 4.69) is 0 Å². The van der Waals surface area contributed by atoms with Gasteiger partial charge in [0.05, 0.1) is 5.69 Å². The molecule has 0 atom stereocenters. The van der Waals surface area contributed by atoms with Gasteiger partial charge in [-0.15, -0.1) is 11.3 Å². The van der Waals surface area contributed by atoms with E-state index in [1.54, 1.807) is 17.4 Å². The summed E-state index contributed by atoms with van der Waals surface area (Å²) in [7, 11) is 0. The molecule has 1 aromatic carbocycles. The van der Waals surface area contributed by atoms with E-state index in [1.807, 2.05) is 18.4 Å². The molecule has 0 aliphatic carbocycles. The van der Waals surface area contributed by atoms with E-state index in [0.29, 0.717) is 5.69 Å². The van der Waals surface area contributed by atoms with E-state index in [-0.39, 0.29) is 5.75 Å². The first-order chi connectivity index (χ1) is 5.70. The van der Waals surface area contributed by atoms with Gasteiger partial charge in [-0.05, 0) is 30.0 Å². The minimum absolute atomic E-state index is 0.170. The van der Waals surface area contributed by atoms with E-state index in [4.69, 9.17) is 5.73 Å². The van der Waals surface area contributed by atoms with Crippen molar-refractivity contribution in [1.82, 2.24) is 0 Å². The molecule has 2 nitrogen and oxygen atoms in total. The molecule has 12 heavy (non-hydrogen) atoms. The number of rotatable bonds is 0. The van der Waals surface area contributed by atoms with Crippen molar-refractivity contribution in [3.8, 4) is 5.75 Å². The molecule has 3 heteroatoms. The third-order valence-electron chi connectivity index (χ3n) is 1.94. The summed E-state index contributed by atoms with van der Waals surface area (Å²) in [4.78, 5) is 0. The normalized spacial score (nSPS) is 10.8. The molecular formula is C9H9NOS. The zero-order valence-electron chi connectivity index (χ0n) is 6.66. The van der Waals surface area contributed by atoms with Crippen LogP contribution in [-0.4, -0.2) is 5.11 Å². The summed E-state index contributed by atoms with van der Waals surface area (Å²) in [6.45, 7) is 1.99. The Morgan fingerprint density at radius 3 is 2.92 bits per heavy atom. The van der Waals surface area contributed by atoms with Crippen LogP contribution in [0.2, 0.25) is 0 Å². The molecule has 0 fully saturated rings. The lowest BCUT2D eigenvalue weighted by Crippen LogP contribution is -1.86. The second-order valence-corrected chi connectivity index (χ2v) is 3.70. The molecule has 0 bridgehead atoms. The summed E-state index contributed by atoms with van der Waals surface area (Å²) in [6.07, 6.45) is 0. The first kappa shape index (κ1) is 7.43. The molecule has 62 valence electrons. The Morgan fingerprint density at radius 1 is 1.42 bits per heavy atom. The van der Waals surface area contributed by atoms with Crippen LogP contribution in [0.15, 0.2) is 17.5 Å². The van der Waals surface area contributed by atoms with Crippen LogP contribution in [0.1, 0.15) is 5.56 Å². The summed E-state index contributed by atoms with van der Waals surface area (Å²) < 4.78 is 1.13. The summed E-state index contributed by atoms with van der Waals surface area (Å²) in [5.74, 6) is 0.170. The molecule has 0 amide bonds. The summed E-state index contributed by atoms with van der Waals surface area (Å²) in [5, 5.41) is 12.4. The van der Waals surface area contributed by atoms with Gasteiger partial charge in [0.25, 0.3) is 0 Å². The molecule has 0 aliphatic heterocycles. The van der Waals surface area contributed by atoms with Gasteiger partial charge < -0.3 is 10.8 Å². The highest BCUT2D eigenvalue weighted by atomic mass is 32.1. The fraction of sp³-hybridized carbons (Fsp3) is 0.111. The number of hydrogen-bond donors (Lipinski definition) is 2. The number of aryl methyl sites for hydroxylation is 1. The summed E-state index contributed by atoms with van der Waals surface area (Å²) >= 11 is 1.65. The first-order valence-corrected chi connectivity index (χ1v) is 4.53. The Balaban J connectivity index is 2.96. The van der Waals surface area contributed by atoms with E-state index in [1.165, 1.54) is 0 Å². The Kier molecular flexibility index (Phi) is 1.48. The van der Waals surface area contributed by atoms with Gasteiger partial charge in [0.2, 0.25) is 0 Å². The van der Waals surface area contributed by atoms with Gasteiger partial charge in [0, 0.05) is 10.1 Å². The number of benzene rings is 1. The number of nitrogen functional groups attached to an aromatic ring is 1. The number of anilines is 1. The zero-order valence-corrected chi connectivity index (χ0v) is 7.48. The molecule has 1 heterocycles. The Hall–Kier alpha value is -1.22. The molecule has 1 aromatic heterocycles. The van der Waals surface area contributed by atoms with Crippen LogP contribution >= 0.6 is 11.3 Å². The van der Waals surface area contributed by atoms with Gasteiger partial charge in [-0.2, -0.15) is 0 Å². The molecule has 0 saturated heterocycles. The van der Waals surface area contributed by atoms with Crippen molar-refractivity contribution in [2.24, 2.45) is 0 Å². The Labute approximate surface area is 74.3 Å². The molecule has 0 radical (unpaired) electrons. The molecule has 0 aliphatic rings. The van der Waals surface area contributed by atoms with Gasteiger partial charge in [0.1, 0.15) is 5.75 Å². The van der Waals surface area contributed by atoms with Crippen molar-refractivity contribution in [2.75, 3.05) is 5.73 Å². The van der Waals surface area contributed by atoms with Crippen LogP contribution in [0.4, 0.5) is 5.69 Å². The second kappa shape index (κ2) is 2.38. The number of hydrogen-bond acceptors (Lipinski definition) is 3. The second-order valence-electron chi connectivity index (χ2n) is 2.79. The standard InChI is InChI=1S/C9H9NOS/c1-5-4-12-7-3-2-6(11)9(10)8(5)7/h2-4,11H,10H2,1H3. The van der Waals surface area contributed by atoms with E-state index >= 15 is 0 Å². The van der Waals surface area contributed by atoms with Gasteiger partial charge in [-0.25, -0.2) is 0 Å². The average Bonchev–Trinajstić information content (AvgIpc) is 2.41. The monoisotopic (exact) mass is 179 g/mol. The number of fused-ring (bicyclic) bond motifs is 1. The predicted molar refractivity (Wildman–Crippen MR) is 52.6 cm³/mol. The number of nitrogens with two attached hydrogens (primary N) is 1. The van der Waals surface area contributed by atoms with Crippen molar-refractivity contribution in [3.63, 3.8) is 0 Å². The van der Waals surface area contributed by atoms with Crippen LogP contribution in [0.25, 0.3) is 10.1 Å². The molecule has 2 aromatic rings. The van der Waals surface area contributed by atoms with Crippen molar-refractivity contribution >= 4 is 27.1 Å². The maximum Gasteiger partial charge on any atom is 0.139 e. The maximum absolute atomic E-state index is 9.34. The number of phenolic OH excluding ortho intramolecular Hbond substituents is 1. The zero-order chi connectivity index (χ0) is 8.72. The third kappa shape index (κ3) is 0.865. The quantitative estimate of drug-likeness (QED) is 0.482. The van der Waals surface area contributed by atoms with Crippen LogP contribution in [0.3, 0.4) is 0 Å². The fourth-order valence-electron chi connectivity index (χ4n) is 1.30. The van der Waals surface area contributed by atoms with Crippen LogP contribution in [-0.2, 0) is 0 Å². The van der Waals surface area contributed by atoms with E-state index in [0.717, 1.165) is 15.6 Å². The Morgan fingerprint density at radius 2 is 2.17 bits per heavy atom. The van der Waals surface area contributed by atoms with E-state index in [9.17, 15) is 5.11 Å². The van der Waals surface area contributed by atoms with Gasteiger partial charge >= 0.3 is 0 Å². The van der Waals surface area contributed by atoms with Gasteiger partial charge in [-0.3, -0.25) is 0 Å². The minimum Gasteiger partial charge on any atom is -0.506 e. The highest BCUT2D eigenvalue weighted by molar-refractivity contribution is 7.17.